The average molecular weight is 350 g/mol. The van der Waals surface area contributed by atoms with Crippen LogP contribution in [0, 0.1) is 0 Å². The zero-order valence-electron chi connectivity index (χ0n) is 10.3. The lowest BCUT2D eigenvalue weighted by Crippen LogP contribution is -1.87. The number of anilines is 1. The second-order valence-electron chi connectivity index (χ2n) is 4.29. The van der Waals surface area contributed by atoms with Crippen molar-refractivity contribution in [3.8, 4) is 22.4 Å². The summed E-state index contributed by atoms with van der Waals surface area (Å²) in [6.45, 7) is 0. The molecule has 0 spiro atoms. The van der Waals surface area contributed by atoms with Gasteiger partial charge in [-0.1, -0.05) is 57.0 Å². The summed E-state index contributed by atoms with van der Waals surface area (Å²) in [5, 5.41) is 4.71. The van der Waals surface area contributed by atoms with Gasteiger partial charge >= 0.3 is 0 Å². The fourth-order valence-electron chi connectivity index (χ4n) is 2.03. The molecular weight excluding hydrogens is 340 g/mol. The highest BCUT2D eigenvalue weighted by Gasteiger charge is 2.17. The quantitative estimate of drug-likeness (QED) is 0.708. The fraction of sp³-hybridized carbons (Fsp3) is 0. The molecule has 3 nitrogen and oxygen atoms in total. The lowest BCUT2D eigenvalue weighted by Gasteiger charge is -2.03. The zero-order chi connectivity index (χ0) is 14.1. The second-order valence-corrected chi connectivity index (χ2v) is 5.64. The van der Waals surface area contributed by atoms with Crippen molar-refractivity contribution in [3.05, 3.63) is 58.0 Å². The molecule has 1 heterocycles. The summed E-state index contributed by atoms with van der Waals surface area (Å²) in [4.78, 5) is 0. The van der Waals surface area contributed by atoms with Gasteiger partial charge in [-0.3, -0.25) is 0 Å². The highest BCUT2D eigenvalue weighted by atomic mass is 79.9. The first-order valence-corrected chi connectivity index (χ1v) is 7.09. The third-order valence-electron chi connectivity index (χ3n) is 2.95. The van der Waals surface area contributed by atoms with Gasteiger partial charge < -0.3 is 10.3 Å². The predicted molar refractivity (Wildman–Crippen MR) is 84.5 cm³/mol. The second kappa shape index (κ2) is 5.31. The largest absolute Gasteiger partial charge is 0.367 e. The number of nitrogens with zero attached hydrogens (tertiary/aromatic N) is 1. The first-order chi connectivity index (χ1) is 9.65. The maximum absolute atomic E-state index is 6.04. The number of rotatable bonds is 2. The van der Waals surface area contributed by atoms with Crippen molar-refractivity contribution in [1.29, 1.82) is 0 Å². The van der Waals surface area contributed by atoms with E-state index in [4.69, 9.17) is 21.9 Å². The first-order valence-electron chi connectivity index (χ1n) is 5.92. The Bertz CT molecular complexity index is 753. The number of aromatic nitrogens is 1. The molecule has 0 amide bonds. The molecule has 0 radical (unpaired) electrons. The van der Waals surface area contributed by atoms with E-state index >= 15 is 0 Å². The van der Waals surface area contributed by atoms with Gasteiger partial charge in [-0.25, -0.2) is 0 Å². The van der Waals surface area contributed by atoms with Crippen molar-refractivity contribution in [2.24, 2.45) is 0 Å². The van der Waals surface area contributed by atoms with Crippen molar-refractivity contribution in [1.82, 2.24) is 5.16 Å². The summed E-state index contributed by atoms with van der Waals surface area (Å²) in [7, 11) is 0. The molecule has 0 atom stereocenters. The first kappa shape index (κ1) is 13.2. The molecule has 0 aliphatic heterocycles. The van der Waals surface area contributed by atoms with Crippen LogP contribution in [0.1, 0.15) is 0 Å². The van der Waals surface area contributed by atoms with Crippen LogP contribution >= 0.6 is 27.5 Å². The van der Waals surface area contributed by atoms with Crippen LogP contribution in [-0.4, -0.2) is 5.16 Å². The Morgan fingerprint density at radius 3 is 2.50 bits per heavy atom. The van der Waals surface area contributed by atoms with E-state index in [1.54, 1.807) is 0 Å². The van der Waals surface area contributed by atoms with E-state index in [9.17, 15) is 0 Å². The molecule has 0 saturated carbocycles. The molecule has 5 heteroatoms. The normalized spacial score (nSPS) is 10.7. The van der Waals surface area contributed by atoms with Crippen LogP contribution in [0.5, 0.6) is 0 Å². The van der Waals surface area contributed by atoms with Crippen LogP contribution in [0.4, 0.5) is 5.88 Å². The van der Waals surface area contributed by atoms with Gasteiger partial charge in [0.2, 0.25) is 5.88 Å². The molecule has 100 valence electrons. The van der Waals surface area contributed by atoms with Gasteiger partial charge in [0, 0.05) is 15.1 Å². The summed E-state index contributed by atoms with van der Waals surface area (Å²) >= 11 is 9.45. The van der Waals surface area contributed by atoms with Crippen LogP contribution in [0.3, 0.4) is 0 Å². The van der Waals surface area contributed by atoms with Gasteiger partial charge in [0.15, 0.2) is 0 Å². The lowest BCUT2D eigenvalue weighted by atomic mass is 10.0. The summed E-state index contributed by atoms with van der Waals surface area (Å²) in [5.41, 5.74) is 9.19. The Morgan fingerprint density at radius 1 is 1.05 bits per heavy atom. The number of hydrogen-bond acceptors (Lipinski definition) is 3. The van der Waals surface area contributed by atoms with Gasteiger partial charge in [0.25, 0.3) is 0 Å². The van der Waals surface area contributed by atoms with Crippen molar-refractivity contribution < 1.29 is 4.52 Å². The molecular formula is C15H10BrClN2O. The highest BCUT2D eigenvalue weighted by Crippen LogP contribution is 2.37. The van der Waals surface area contributed by atoms with Crippen LogP contribution in [0.15, 0.2) is 57.5 Å². The average Bonchev–Trinajstić information content (AvgIpc) is 2.81. The van der Waals surface area contributed by atoms with Crippen LogP contribution in [-0.2, 0) is 0 Å². The Morgan fingerprint density at radius 2 is 1.80 bits per heavy atom. The Hall–Kier alpha value is -1.78. The highest BCUT2D eigenvalue weighted by molar-refractivity contribution is 9.10. The van der Waals surface area contributed by atoms with Crippen molar-refractivity contribution >= 4 is 33.4 Å². The van der Waals surface area contributed by atoms with Crippen LogP contribution in [0.2, 0.25) is 5.02 Å². The molecule has 0 unspecified atom stereocenters. The fourth-order valence-corrected chi connectivity index (χ4v) is 2.49. The topological polar surface area (TPSA) is 52.0 Å². The molecule has 3 rings (SSSR count). The SMILES string of the molecule is Nc1onc(-c2ccc(Br)cc2)c1-c1cccc(Cl)c1. The van der Waals surface area contributed by atoms with Gasteiger partial charge in [-0.05, 0) is 29.8 Å². The van der Waals surface area contributed by atoms with Crippen LogP contribution < -0.4 is 5.73 Å². The van der Waals surface area contributed by atoms with Crippen molar-refractivity contribution in [3.63, 3.8) is 0 Å². The van der Waals surface area contributed by atoms with Crippen LogP contribution in [0.25, 0.3) is 22.4 Å². The standard InChI is InChI=1S/C15H10BrClN2O/c16-11-6-4-9(5-7-11)14-13(15(18)20-19-14)10-2-1-3-12(17)8-10/h1-8H,18H2. The molecule has 0 aliphatic rings. The Balaban J connectivity index is 2.17. The van der Waals surface area contributed by atoms with Crippen molar-refractivity contribution in [2.75, 3.05) is 5.73 Å². The Labute approximate surface area is 129 Å². The molecule has 0 bridgehead atoms. The van der Waals surface area contributed by atoms with E-state index in [0.29, 0.717) is 10.7 Å². The van der Waals surface area contributed by atoms with Gasteiger partial charge in [-0.2, -0.15) is 0 Å². The third-order valence-corrected chi connectivity index (χ3v) is 3.71. The minimum atomic E-state index is 0.283. The summed E-state index contributed by atoms with van der Waals surface area (Å²) in [6.07, 6.45) is 0. The van der Waals surface area contributed by atoms with Gasteiger partial charge in [-0.15, -0.1) is 0 Å². The minimum absolute atomic E-state index is 0.283. The number of nitrogens with two attached hydrogens (primary N) is 1. The molecule has 20 heavy (non-hydrogen) atoms. The number of halogens is 2. The van der Waals surface area contributed by atoms with E-state index in [0.717, 1.165) is 21.2 Å². The van der Waals surface area contributed by atoms with Gasteiger partial charge in [0.1, 0.15) is 5.69 Å². The smallest absolute Gasteiger partial charge is 0.230 e. The third kappa shape index (κ3) is 2.44. The van der Waals surface area contributed by atoms with Gasteiger partial charge in [0.05, 0.1) is 5.56 Å². The molecule has 0 aliphatic carbocycles. The van der Waals surface area contributed by atoms with E-state index in [1.807, 2.05) is 48.5 Å². The monoisotopic (exact) mass is 348 g/mol. The van der Waals surface area contributed by atoms with E-state index in [-0.39, 0.29) is 5.88 Å². The zero-order valence-corrected chi connectivity index (χ0v) is 12.6. The molecule has 1 aromatic heterocycles. The Kier molecular flexibility index (Phi) is 3.51. The molecule has 0 saturated heterocycles. The van der Waals surface area contributed by atoms with E-state index in [1.165, 1.54) is 0 Å². The number of hydrogen-bond donors (Lipinski definition) is 1. The molecule has 0 fully saturated rings. The predicted octanol–water partition coefficient (Wildman–Crippen LogP) is 5.01. The maximum Gasteiger partial charge on any atom is 0.230 e. The summed E-state index contributed by atoms with van der Waals surface area (Å²) in [5.74, 6) is 0.283. The molecule has 2 aromatic carbocycles. The molecule has 2 N–H and O–H groups in total. The summed E-state index contributed by atoms with van der Waals surface area (Å²) < 4.78 is 6.15. The van der Waals surface area contributed by atoms with E-state index in [2.05, 4.69) is 21.1 Å². The number of nitrogen functional groups attached to an aromatic ring is 1. The molecule has 3 aromatic rings. The summed E-state index contributed by atoms with van der Waals surface area (Å²) in [6, 6.07) is 15.3. The van der Waals surface area contributed by atoms with Crippen molar-refractivity contribution in [2.45, 2.75) is 0 Å². The van der Waals surface area contributed by atoms with E-state index < -0.39 is 0 Å². The minimum Gasteiger partial charge on any atom is -0.367 e. The maximum atomic E-state index is 6.04. The number of benzene rings is 2. The lowest BCUT2D eigenvalue weighted by molar-refractivity contribution is 0.439.